The first-order chi connectivity index (χ1) is 11.2. The van der Waals surface area contributed by atoms with E-state index in [-0.39, 0.29) is 16.0 Å². The normalized spacial score (nSPS) is 11.0. The molecule has 0 bridgehead atoms. The van der Waals surface area contributed by atoms with Gasteiger partial charge < -0.3 is 4.84 Å². The Morgan fingerprint density at radius 2 is 1.50 bits per heavy atom. The van der Waals surface area contributed by atoms with E-state index < -0.39 is 11.9 Å². The smallest absolute Gasteiger partial charge is 0.335 e. The monoisotopic (exact) mass is 365 g/mol. The van der Waals surface area contributed by atoms with Crippen LogP contribution in [0.25, 0.3) is 0 Å². The molecule has 2 aromatic carbocycles. The highest BCUT2D eigenvalue weighted by Crippen LogP contribution is 2.23. The summed E-state index contributed by atoms with van der Waals surface area (Å²) in [5.41, 5.74) is 3.77. The van der Waals surface area contributed by atoms with Crippen LogP contribution in [0.5, 0.6) is 0 Å². The van der Waals surface area contributed by atoms with Crippen LogP contribution in [-0.4, -0.2) is 11.9 Å². The van der Waals surface area contributed by atoms with Crippen molar-refractivity contribution in [2.24, 2.45) is 0 Å². The zero-order chi connectivity index (χ0) is 17.9. The van der Waals surface area contributed by atoms with E-state index in [1.165, 1.54) is 18.2 Å². The Kier molecular flexibility index (Phi) is 5.52. The van der Waals surface area contributed by atoms with Crippen LogP contribution in [0.4, 0.5) is 0 Å². The average molecular weight is 366 g/mol. The maximum atomic E-state index is 12.0. The fourth-order valence-corrected chi connectivity index (χ4v) is 2.25. The molecule has 1 amide bonds. The molecule has 0 aromatic heterocycles. The van der Waals surface area contributed by atoms with Crippen molar-refractivity contribution in [1.82, 2.24) is 5.48 Å². The van der Waals surface area contributed by atoms with E-state index in [4.69, 9.17) is 28.0 Å². The highest BCUT2D eigenvalue weighted by Gasteiger charge is 2.16. The number of nitrogens with one attached hydrogen (secondary N) is 1. The lowest BCUT2D eigenvalue weighted by Crippen LogP contribution is -2.27. The van der Waals surface area contributed by atoms with E-state index in [0.717, 1.165) is 5.56 Å². The van der Waals surface area contributed by atoms with Crippen molar-refractivity contribution in [2.75, 3.05) is 0 Å². The fraction of sp³-hybridized carbons (Fsp3) is 0.222. The minimum absolute atomic E-state index is 0.00942. The summed E-state index contributed by atoms with van der Waals surface area (Å²) in [7, 11) is 0. The number of halogens is 2. The summed E-state index contributed by atoms with van der Waals surface area (Å²) in [6, 6.07) is 11.4. The molecule has 0 fully saturated rings. The third-order valence-electron chi connectivity index (χ3n) is 3.40. The summed E-state index contributed by atoms with van der Waals surface area (Å²) in [6.45, 7) is 6.24. The van der Waals surface area contributed by atoms with Crippen molar-refractivity contribution in [3.8, 4) is 0 Å². The number of benzene rings is 2. The van der Waals surface area contributed by atoms with Gasteiger partial charge in [0.25, 0.3) is 5.91 Å². The topological polar surface area (TPSA) is 55.4 Å². The Balaban J connectivity index is 1.99. The van der Waals surface area contributed by atoms with Crippen LogP contribution in [0.3, 0.4) is 0 Å². The Morgan fingerprint density at radius 1 is 0.917 bits per heavy atom. The van der Waals surface area contributed by atoms with Gasteiger partial charge in [-0.15, -0.1) is 0 Å². The van der Waals surface area contributed by atoms with E-state index in [0.29, 0.717) is 10.6 Å². The molecule has 0 aliphatic heterocycles. The molecule has 0 atom stereocenters. The Morgan fingerprint density at radius 3 is 2.04 bits per heavy atom. The molecule has 1 N–H and O–H groups in total. The predicted octanol–water partition coefficient (Wildman–Crippen LogP) is 4.79. The molecule has 0 unspecified atom stereocenters. The van der Waals surface area contributed by atoms with Crippen molar-refractivity contribution in [3.63, 3.8) is 0 Å². The van der Waals surface area contributed by atoms with Crippen molar-refractivity contribution in [3.05, 3.63) is 69.2 Å². The molecule has 0 saturated heterocycles. The van der Waals surface area contributed by atoms with Crippen LogP contribution in [0, 0.1) is 0 Å². The van der Waals surface area contributed by atoms with Gasteiger partial charge in [0.1, 0.15) is 0 Å². The minimum Gasteiger partial charge on any atom is -0.335 e. The van der Waals surface area contributed by atoms with Gasteiger partial charge >= 0.3 is 5.97 Å². The molecule has 0 aliphatic rings. The standard InChI is InChI=1S/C18H17Cl2NO3/c1-18(2,3)13-7-4-11(5-8-13)17(23)24-21-16(22)12-6-9-14(19)15(20)10-12/h4-10H,1-3H3,(H,21,22). The largest absolute Gasteiger partial charge is 0.362 e. The summed E-state index contributed by atoms with van der Waals surface area (Å²) in [4.78, 5) is 28.7. The van der Waals surface area contributed by atoms with Crippen LogP contribution in [0.1, 0.15) is 47.1 Å². The van der Waals surface area contributed by atoms with Gasteiger partial charge in [0.05, 0.1) is 15.6 Å². The molecule has 126 valence electrons. The van der Waals surface area contributed by atoms with Crippen molar-refractivity contribution in [1.29, 1.82) is 0 Å². The summed E-state index contributed by atoms with van der Waals surface area (Å²) in [5, 5.41) is 0.581. The maximum absolute atomic E-state index is 12.0. The van der Waals surface area contributed by atoms with Gasteiger partial charge in [-0.05, 0) is 41.3 Å². The molecule has 0 heterocycles. The number of amides is 1. The first-order valence-electron chi connectivity index (χ1n) is 7.25. The summed E-state index contributed by atoms with van der Waals surface area (Å²) in [5.74, 6) is -1.24. The Hall–Kier alpha value is -2.04. The molecule has 24 heavy (non-hydrogen) atoms. The zero-order valence-corrected chi connectivity index (χ0v) is 15.0. The highest BCUT2D eigenvalue weighted by molar-refractivity contribution is 6.42. The predicted molar refractivity (Wildman–Crippen MR) is 94.5 cm³/mol. The lowest BCUT2D eigenvalue weighted by atomic mass is 9.87. The SMILES string of the molecule is CC(C)(C)c1ccc(C(=O)ONC(=O)c2ccc(Cl)c(Cl)c2)cc1. The molecule has 0 radical (unpaired) electrons. The van der Waals surface area contributed by atoms with E-state index >= 15 is 0 Å². The highest BCUT2D eigenvalue weighted by atomic mass is 35.5. The molecular formula is C18H17Cl2NO3. The van der Waals surface area contributed by atoms with E-state index in [9.17, 15) is 9.59 Å². The third kappa shape index (κ3) is 4.49. The van der Waals surface area contributed by atoms with E-state index in [1.807, 2.05) is 12.1 Å². The molecule has 2 aromatic rings. The summed E-state index contributed by atoms with van der Waals surface area (Å²) >= 11 is 11.6. The third-order valence-corrected chi connectivity index (χ3v) is 4.14. The Labute approximate surface area is 150 Å². The average Bonchev–Trinajstić information content (AvgIpc) is 2.54. The molecule has 0 spiro atoms. The van der Waals surface area contributed by atoms with Crippen LogP contribution in [-0.2, 0) is 10.3 Å². The fourth-order valence-electron chi connectivity index (χ4n) is 1.95. The van der Waals surface area contributed by atoms with Gasteiger partial charge in [-0.1, -0.05) is 56.1 Å². The van der Waals surface area contributed by atoms with Crippen LogP contribution < -0.4 is 5.48 Å². The van der Waals surface area contributed by atoms with E-state index in [2.05, 4.69) is 26.3 Å². The second-order valence-electron chi connectivity index (χ2n) is 6.28. The Bertz CT molecular complexity index is 765. The van der Waals surface area contributed by atoms with Crippen LogP contribution >= 0.6 is 23.2 Å². The van der Waals surface area contributed by atoms with Crippen LogP contribution in [0.2, 0.25) is 10.0 Å². The molecule has 0 saturated carbocycles. The van der Waals surface area contributed by atoms with Crippen molar-refractivity contribution >= 4 is 35.1 Å². The number of hydroxylamine groups is 1. The molecule has 6 heteroatoms. The summed E-state index contributed by atoms with van der Waals surface area (Å²) < 4.78 is 0. The number of carbonyl (C=O) groups excluding carboxylic acids is 2. The lowest BCUT2D eigenvalue weighted by molar-refractivity contribution is 0.0230. The van der Waals surface area contributed by atoms with Crippen LogP contribution in [0.15, 0.2) is 42.5 Å². The first kappa shape index (κ1) is 18.3. The second kappa shape index (κ2) is 7.24. The minimum atomic E-state index is -0.649. The van der Waals surface area contributed by atoms with Gasteiger partial charge in [-0.3, -0.25) is 4.79 Å². The van der Waals surface area contributed by atoms with Gasteiger partial charge in [0.15, 0.2) is 0 Å². The zero-order valence-electron chi connectivity index (χ0n) is 13.5. The number of rotatable bonds is 2. The summed E-state index contributed by atoms with van der Waals surface area (Å²) in [6.07, 6.45) is 0. The quantitative estimate of drug-likeness (QED) is 0.778. The van der Waals surface area contributed by atoms with Gasteiger partial charge in [0.2, 0.25) is 0 Å². The van der Waals surface area contributed by atoms with E-state index in [1.54, 1.807) is 12.1 Å². The van der Waals surface area contributed by atoms with Gasteiger partial charge in [-0.2, -0.15) is 5.48 Å². The van der Waals surface area contributed by atoms with Gasteiger partial charge in [-0.25, -0.2) is 4.79 Å². The molecular weight excluding hydrogens is 349 g/mol. The molecule has 0 aliphatic carbocycles. The van der Waals surface area contributed by atoms with Crippen molar-refractivity contribution in [2.45, 2.75) is 26.2 Å². The van der Waals surface area contributed by atoms with Gasteiger partial charge in [0, 0.05) is 5.56 Å². The molecule has 4 nitrogen and oxygen atoms in total. The lowest BCUT2D eigenvalue weighted by Gasteiger charge is -2.18. The first-order valence-corrected chi connectivity index (χ1v) is 8.01. The number of hydrogen-bond donors (Lipinski definition) is 1. The number of carbonyl (C=O) groups is 2. The van der Waals surface area contributed by atoms with Crippen molar-refractivity contribution < 1.29 is 14.4 Å². The second-order valence-corrected chi connectivity index (χ2v) is 7.09. The maximum Gasteiger partial charge on any atom is 0.362 e. The molecule has 2 rings (SSSR count). The number of hydrogen-bond acceptors (Lipinski definition) is 3.